The molecule has 0 atom stereocenters. The Balaban J connectivity index is 2.05. The van der Waals surface area contributed by atoms with Gasteiger partial charge in [0.25, 0.3) is 0 Å². The standard InChI is InChI=1S/C19H16N2/c1-4-10-16(11-5-1)20-18-14-8-3-9-15-19(18)21-17-12-6-2-7-13-17/h1-15H,(H,20,21). The summed E-state index contributed by atoms with van der Waals surface area (Å²) in [5.74, 6) is 0. The molecule has 2 nitrogen and oxygen atoms in total. The Morgan fingerprint density at radius 3 is 1.86 bits per heavy atom. The van der Waals surface area contributed by atoms with Gasteiger partial charge in [0, 0.05) is 5.69 Å². The maximum Gasteiger partial charge on any atom is 0.0871 e. The van der Waals surface area contributed by atoms with Crippen molar-refractivity contribution in [1.29, 1.82) is 0 Å². The summed E-state index contributed by atoms with van der Waals surface area (Å²) >= 11 is 0. The highest BCUT2D eigenvalue weighted by Gasteiger charge is 1.96. The second-order valence-electron chi connectivity index (χ2n) is 4.65. The molecule has 1 N–H and O–H groups in total. The van der Waals surface area contributed by atoms with E-state index in [1.807, 2.05) is 91.0 Å². The van der Waals surface area contributed by atoms with E-state index in [0.717, 1.165) is 22.4 Å². The van der Waals surface area contributed by atoms with Crippen LogP contribution in [-0.2, 0) is 0 Å². The summed E-state index contributed by atoms with van der Waals surface area (Å²) in [6.07, 6.45) is 0. The molecule has 3 aromatic rings. The van der Waals surface area contributed by atoms with Gasteiger partial charge in [-0.3, -0.25) is 0 Å². The van der Waals surface area contributed by atoms with Crippen molar-refractivity contribution >= 4 is 17.1 Å². The monoisotopic (exact) mass is 272 g/mol. The highest BCUT2D eigenvalue weighted by atomic mass is 14.9. The first-order chi connectivity index (χ1) is 10.4. The Hall–Kier alpha value is -2.87. The van der Waals surface area contributed by atoms with E-state index in [-0.39, 0.29) is 0 Å². The first kappa shape index (κ1) is 13.1. The molecule has 102 valence electrons. The predicted molar refractivity (Wildman–Crippen MR) is 87.8 cm³/mol. The molecule has 0 saturated heterocycles. The fourth-order valence-electron chi connectivity index (χ4n) is 2.06. The van der Waals surface area contributed by atoms with Gasteiger partial charge in [0.05, 0.1) is 16.7 Å². The molecule has 0 saturated carbocycles. The molecule has 21 heavy (non-hydrogen) atoms. The van der Waals surface area contributed by atoms with Crippen LogP contribution in [0.1, 0.15) is 0 Å². The van der Waals surface area contributed by atoms with E-state index >= 15 is 0 Å². The van der Waals surface area contributed by atoms with E-state index in [0.29, 0.717) is 0 Å². The smallest absolute Gasteiger partial charge is 0.0871 e. The normalized spacial score (nSPS) is 11.1. The van der Waals surface area contributed by atoms with Crippen molar-refractivity contribution in [2.24, 2.45) is 4.99 Å². The average Bonchev–Trinajstić information content (AvgIpc) is 2.75. The highest BCUT2D eigenvalue weighted by molar-refractivity contribution is 5.59. The molecule has 0 radical (unpaired) electrons. The van der Waals surface area contributed by atoms with Crippen LogP contribution in [0.5, 0.6) is 0 Å². The van der Waals surface area contributed by atoms with Gasteiger partial charge in [-0.2, -0.15) is 0 Å². The number of anilines is 2. The van der Waals surface area contributed by atoms with Crippen molar-refractivity contribution in [1.82, 2.24) is 0 Å². The van der Waals surface area contributed by atoms with Gasteiger partial charge in [0.15, 0.2) is 0 Å². The lowest BCUT2D eigenvalue weighted by molar-refractivity contribution is 1.34. The summed E-state index contributed by atoms with van der Waals surface area (Å²) in [4.78, 5) is 4.71. The number of nitrogens with zero attached hydrogens (tertiary/aromatic N) is 1. The van der Waals surface area contributed by atoms with Gasteiger partial charge in [-0.05, 0) is 36.4 Å². The minimum atomic E-state index is 0.912. The lowest BCUT2D eigenvalue weighted by Crippen LogP contribution is -2.05. The van der Waals surface area contributed by atoms with Gasteiger partial charge in [0.1, 0.15) is 0 Å². The molecule has 0 aromatic heterocycles. The molecule has 0 aliphatic heterocycles. The molecule has 0 bridgehead atoms. The van der Waals surface area contributed by atoms with Gasteiger partial charge in [0.2, 0.25) is 0 Å². The van der Waals surface area contributed by atoms with Crippen LogP contribution in [0.25, 0.3) is 0 Å². The molecule has 0 heterocycles. The Kier molecular flexibility index (Phi) is 4.08. The quantitative estimate of drug-likeness (QED) is 0.736. The zero-order chi connectivity index (χ0) is 14.3. The van der Waals surface area contributed by atoms with E-state index < -0.39 is 0 Å². The maximum absolute atomic E-state index is 4.71. The zero-order valence-corrected chi connectivity index (χ0v) is 11.6. The number of hydrogen-bond acceptors (Lipinski definition) is 2. The summed E-state index contributed by atoms with van der Waals surface area (Å²) in [5, 5.41) is 4.33. The summed E-state index contributed by atoms with van der Waals surface area (Å²) in [5.41, 5.74) is 2.98. The summed E-state index contributed by atoms with van der Waals surface area (Å²) in [6.45, 7) is 0. The van der Waals surface area contributed by atoms with Crippen LogP contribution in [0.4, 0.5) is 17.1 Å². The van der Waals surface area contributed by atoms with Crippen LogP contribution < -0.4 is 10.7 Å². The van der Waals surface area contributed by atoms with E-state index in [9.17, 15) is 0 Å². The number of nitrogens with one attached hydrogen (secondary N) is 1. The molecule has 3 aromatic carbocycles. The van der Waals surface area contributed by atoms with Gasteiger partial charge in [-0.15, -0.1) is 0 Å². The Labute approximate surface area is 124 Å². The Morgan fingerprint density at radius 1 is 0.571 bits per heavy atom. The van der Waals surface area contributed by atoms with E-state index in [1.54, 1.807) is 0 Å². The van der Waals surface area contributed by atoms with Crippen molar-refractivity contribution in [2.45, 2.75) is 0 Å². The molecule has 0 aliphatic rings. The molecule has 0 unspecified atom stereocenters. The second kappa shape index (κ2) is 6.53. The van der Waals surface area contributed by atoms with E-state index in [2.05, 4.69) is 5.32 Å². The topological polar surface area (TPSA) is 24.4 Å². The number of para-hydroxylation sites is 2. The van der Waals surface area contributed by atoms with Gasteiger partial charge < -0.3 is 5.32 Å². The SMILES string of the molecule is c1ccc(N=c2cccccc2Nc2ccccc2)cc1. The van der Waals surface area contributed by atoms with Crippen LogP contribution >= 0.6 is 0 Å². The molecule has 2 heteroatoms. The first-order valence-corrected chi connectivity index (χ1v) is 6.93. The number of rotatable bonds is 3. The van der Waals surface area contributed by atoms with E-state index in [1.165, 1.54) is 0 Å². The fraction of sp³-hybridized carbons (Fsp3) is 0. The molecule has 3 rings (SSSR count). The Bertz CT molecular complexity index is 765. The van der Waals surface area contributed by atoms with Gasteiger partial charge in [-0.1, -0.05) is 54.6 Å². The third kappa shape index (κ3) is 3.57. The van der Waals surface area contributed by atoms with E-state index in [4.69, 9.17) is 4.99 Å². The highest BCUT2D eigenvalue weighted by Crippen LogP contribution is 2.13. The summed E-state index contributed by atoms with van der Waals surface area (Å²) in [7, 11) is 0. The van der Waals surface area contributed by atoms with Gasteiger partial charge >= 0.3 is 0 Å². The molecule has 0 amide bonds. The maximum atomic E-state index is 4.71. The van der Waals surface area contributed by atoms with Crippen molar-refractivity contribution < 1.29 is 0 Å². The second-order valence-corrected chi connectivity index (χ2v) is 4.65. The third-order valence-corrected chi connectivity index (χ3v) is 3.07. The summed E-state index contributed by atoms with van der Waals surface area (Å²) < 4.78 is 0. The van der Waals surface area contributed by atoms with Crippen molar-refractivity contribution in [3.05, 3.63) is 96.4 Å². The fourth-order valence-corrected chi connectivity index (χ4v) is 2.06. The largest absolute Gasteiger partial charge is 0.354 e. The van der Waals surface area contributed by atoms with Crippen LogP contribution in [0.3, 0.4) is 0 Å². The van der Waals surface area contributed by atoms with Crippen LogP contribution in [0.2, 0.25) is 0 Å². The predicted octanol–water partition coefficient (Wildman–Crippen LogP) is 4.66. The lowest BCUT2D eigenvalue weighted by Gasteiger charge is -2.05. The number of benzene rings is 2. The van der Waals surface area contributed by atoms with Gasteiger partial charge in [-0.25, -0.2) is 4.99 Å². The molecular weight excluding hydrogens is 256 g/mol. The molecule has 0 spiro atoms. The van der Waals surface area contributed by atoms with Crippen molar-refractivity contribution in [3.63, 3.8) is 0 Å². The Morgan fingerprint density at radius 2 is 1.14 bits per heavy atom. The minimum Gasteiger partial charge on any atom is -0.354 e. The van der Waals surface area contributed by atoms with Crippen molar-refractivity contribution in [3.8, 4) is 0 Å². The van der Waals surface area contributed by atoms with Crippen molar-refractivity contribution in [2.75, 3.05) is 5.32 Å². The first-order valence-electron chi connectivity index (χ1n) is 6.93. The minimum absolute atomic E-state index is 0.912. The van der Waals surface area contributed by atoms with Crippen LogP contribution in [0.15, 0.2) is 96.0 Å². The summed E-state index contributed by atoms with van der Waals surface area (Å²) in [6, 6.07) is 30.1. The zero-order valence-electron chi connectivity index (χ0n) is 11.6. The average molecular weight is 272 g/mol. The molecule has 0 aliphatic carbocycles. The molecule has 0 fully saturated rings. The lowest BCUT2D eigenvalue weighted by atomic mass is 10.3. The van der Waals surface area contributed by atoms with Crippen LogP contribution in [-0.4, -0.2) is 0 Å². The molecular formula is C19H16N2. The number of hydrogen-bond donors (Lipinski definition) is 1. The van der Waals surface area contributed by atoms with Crippen LogP contribution in [0, 0.1) is 0 Å². The third-order valence-electron chi connectivity index (χ3n) is 3.07.